The molecule has 0 aliphatic carbocycles. The van der Waals surface area contributed by atoms with Crippen molar-refractivity contribution in [3.05, 3.63) is 36.7 Å². The predicted molar refractivity (Wildman–Crippen MR) is 194 cm³/mol. The van der Waals surface area contributed by atoms with Crippen molar-refractivity contribution in [1.82, 2.24) is 39.0 Å². The zero-order valence-corrected chi connectivity index (χ0v) is 30.5. The number of nitrogens with two attached hydrogens (primary N) is 1. The zero-order chi connectivity index (χ0) is 36.9. The molecular formula is C34H50N12O5. The topological polar surface area (TPSA) is 199 Å². The number of imidazole rings is 2. The summed E-state index contributed by atoms with van der Waals surface area (Å²) in [4.78, 5) is 47.9. The Morgan fingerprint density at radius 3 is 1.73 bits per heavy atom. The molecule has 6 rings (SSSR count). The smallest absolute Gasteiger partial charge is 0.410 e. The molecule has 0 radical (unpaired) electrons. The summed E-state index contributed by atoms with van der Waals surface area (Å²) in [6.45, 7) is 15.3. The summed E-state index contributed by atoms with van der Waals surface area (Å²) in [6, 6.07) is 7.50. The van der Waals surface area contributed by atoms with E-state index in [4.69, 9.17) is 15.2 Å². The van der Waals surface area contributed by atoms with Gasteiger partial charge >= 0.3 is 12.2 Å². The van der Waals surface area contributed by atoms with Gasteiger partial charge in [0.2, 0.25) is 5.91 Å². The average molecular weight is 707 g/mol. The monoisotopic (exact) mass is 706 g/mol. The summed E-state index contributed by atoms with van der Waals surface area (Å²) < 4.78 is 14.1. The Hall–Kier alpha value is -5.35. The largest absolute Gasteiger partial charge is 0.444 e. The second-order valence-corrected chi connectivity index (χ2v) is 14.7. The maximum Gasteiger partial charge on any atom is 0.410 e. The molecule has 3 amide bonds. The number of carbonyl (C=O) groups excluding carboxylic acids is 3. The molecule has 0 saturated carbocycles. The molecule has 0 unspecified atom stereocenters. The van der Waals surface area contributed by atoms with Crippen LogP contribution in [0.5, 0.6) is 0 Å². The summed E-state index contributed by atoms with van der Waals surface area (Å²) in [5.41, 5.74) is 6.18. The first kappa shape index (κ1) is 36.9. The van der Waals surface area contributed by atoms with Crippen molar-refractivity contribution in [1.29, 1.82) is 0 Å². The van der Waals surface area contributed by atoms with Crippen LogP contribution < -0.4 is 21.7 Å². The third-order valence-corrected chi connectivity index (χ3v) is 8.10. The molecule has 2 aliphatic heterocycles. The number of amides is 3. The molecule has 4 aromatic rings. The Labute approximate surface area is 297 Å². The van der Waals surface area contributed by atoms with Gasteiger partial charge < -0.3 is 41.0 Å². The van der Waals surface area contributed by atoms with Crippen LogP contribution in [0.3, 0.4) is 0 Å². The maximum atomic E-state index is 12.4. The van der Waals surface area contributed by atoms with Crippen LogP contribution in [0.4, 0.5) is 32.9 Å². The molecule has 2 saturated heterocycles. The van der Waals surface area contributed by atoms with Crippen LogP contribution in [-0.4, -0.2) is 107 Å². The number of fused-ring (bicyclic) bond motifs is 2. The van der Waals surface area contributed by atoms with Gasteiger partial charge in [0.1, 0.15) is 28.7 Å². The molecule has 4 aromatic heterocycles. The number of ether oxygens (including phenoxy) is 2. The SMILES string of the molecule is CC(=O)Nc1cnc2ccc(NC[C@@H]3CCCN3C(=O)OC(C)(C)C)nn12.CC(C)(C)OC(=O)N1CCC[C@H]1CNc1ccc2ncc(N)n2n1. The molecule has 2 fully saturated rings. The minimum absolute atomic E-state index is 0.0509. The Morgan fingerprint density at radius 1 is 0.765 bits per heavy atom. The lowest BCUT2D eigenvalue weighted by Gasteiger charge is -2.28. The maximum absolute atomic E-state index is 12.4. The minimum Gasteiger partial charge on any atom is -0.444 e. The summed E-state index contributed by atoms with van der Waals surface area (Å²) in [5, 5.41) is 18.1. The van der Waals surface area contributed by atoms with Crippen LogP contribution in [0, 0.1) is 0 Å². The van der Waals surface area contributed by atoms with E-state index in [1.807, 2.05) is 65.8 Å². The molecule has 6 heterocycles. The number of nitrogen functional groups attached to an aromatic ring is 1. The highest BCUT2D eigenvalue weighted by Crippen LogP contribution is 2.23. The number of hydrogen-bond donors (Lipinski definition) is 4. The lowest BCUT2D eigenvalue weighted by Crippen LogP contribution is -2.42. The van der Waals surface area contributed by atoms with E-state index in [2.05, 4.69) is 36.1 Å². The fourth-order valence-electron chi connectivity index (χ4n) is 5.88. The van der Waals surface area contributed by atoms with E-state index in [0.717, 1.165) is 32.2 Å². The van der Waals surface area contributed by atoms with Crippen molar-refractivity contribution in [2.45, 2.75) is 97.4 Å². The molecule has 5 N–H and O–H groups in total. The van der Waals surface area contributed by atoms with Crippen molar-refractivity contribution >= 4 is 52.7 Å². The van der Waals surface area contributed by atoms with Gasteiger partial charge in [-0.25, -0.2) is 19.6 Å². The summed E-state index contributed by atoms with van der Waals surface area (Å²) in [6.07, 6.45) is 6.39. The highest BCUT2D eigenvalue weighted by atomic mass is 16.6. The van der Waals surface area contributed by atoms with Crippen molar-refractivity contribution in [3.8, 4) is 0 Å². The summed E-state index contributed by atoms with van der Waals surface area (Å²) in [7, 11) is 0. The van der Waals surface area contributed by atoms with Gasteiger partial charge in [-0.1, -0.05) is 0 Å². The zero-order valence-electron chi connectivity index (χ0n) is 30.5. The van der Waals surface area contributed by atoms with Crippen LogP contribution in [0.2, 0.25) is 0 Å². The number of nitrogens with zero attached hydrogens (tertiary/aromatic N) is 8. The van der Waals surface area contributed by atoms with E-state index in [-0.39, 0.29) is 30.2 Å². The standard InChI is InChI=1S/C18H26N6O3.C16H24N6O2/c1-12(25)21-16-11-20-15-8-7-14(22-24(15)16)19-10-13-6-5-9-23(13)17(26)27-18(2,3)4;1-16(2,3)24-15(23)21-8-4-5-11(21)9-18-13-6-7-14-19-10-12(17)22(14)20-13/h7-8,11,13H,5-6,9-10H2,1-4H3,(H,19,22)(H,21,25);6-7,10-11H,4-5,8-9,17H2,1-3H3,(H,18,20)/t13-;11-/m00/s1. The molecule has 276 valence electrons. The van der Waals surface area contributed by atoms with Crippen molar-refractivity contribution in [3.63, 3.8) is 0 Å². The number of nitrogens with one attached hydrogen (secondary N) is 3. The van der Waals surface area contributed by atoms with Crippen molar-refractivity contribution in [2.24, 2.45) is 0 Å². The van der Waals surface area contributed by atoms with Crippen LogP contribution in [0.1, 0.15) is 74.1 Å². The van der Waals surface area contributed by atoms with E-state index >= 15 is 0 Å². The first-order chi connectivity index (χ1) is 24.1. The molecule has 2 aliphatic rings. The van der Waals surface area contributed by atoms with Crippen LogP contribution >= 0.6 is 0 Å². The first-order valence-corrected chi connectivity index (χ1v) is 17.3. The normalized spacial score (nSPS) is 17.6. The van der Waals surface area contributed by atoms with Gasteiger partial charge in [-0.05, 0) is 91.5 Å². The van der Waals surface area contributed by atoms with E-state index in [1.165, 1.54) is 6.92 Å². The third kappa shape index (κ3) is 9.88. The Kier molecular flexibility index (Phi) is 11.1. The second kappa shape index (κ2) is 15.3. The van der Waals surface area contributed by atoms with Crippen molar-refractivity contribution < 1.29 is 23.9 Å². The fraction of sp³-hybridized carbons (Fsp3) is 0.559. The van der Waals surface area contributed by atoms with E-state index in [0.29, 0.717) is 54.2 Å². The molecule has 0 bridgehead atoms. The number of carbonyl (C=O) groups is 3. The van der Waals surface area contributed by atoms with Gasteiger partial charge in [0, 0.05) is 33.1 Å². The van der Waals surface area contributed by atoms with Crippen LogP contribution in [0.25, 0.3) is 11.3 Å². The van der Waals surface area contributed by atoms with Gasteiger partial charge in [0.25, 0.3) is 0 Å². The van der Waals surface area contributed by atoms with E-state index in [9.17, 15) is 14.4 Å². The van der Waals surface area contributed by atoms with Gasteiger partial charge in [0.15, 0.2) is 17.1 Å². The van der Waals surface area contributed by atoms with E-state index < -0.39 is 11.2 Å². The number of likely N-dealkylation sites (tertiary alicyclic amines) is 2. The number of anilines is 4. The van der Waals surface area contributed by atoms with Gasteiger partial charge in [-0.15, -0.1) is 10.2 Å². The molecule has 0 spiro atoms. The highest BCUT2D eigenvalue weighted by molar-refractivity contribution is 5.88. The van der Waals surface area contributed by atoms with Gasteiger partial charge in [-0.2, -0.15) is 9.03 Å². The Bertz CT molecular complexity index is 1840. The number of aromatic nitrogens is 6. The lowest BCUT2D eigenvalue weighted by atomic mass is 10.2. The lowest BCUT2D eigenvalue weighted by molar-refractivity contribution is -0.114. The number of hydrogen-bond acceptors (Lipinski definition) is 12. The molecule has 51 heavy (non-hydrogen) atoms. The van der Waals surface area contributed by atoms with E-state index in [1.54, 1.807) is 31.2 Å². The van der Waals surface area contributed by atoms with Gasteiger partial charge in [-0.3, -0.25) is 4.79 Å². The molecule has 17 heteroatoms. The molecular weight excluding hydrogens is 656 g/mol. The minimum atomic E-state index is -0.508. The molecule has 0 aromatic carbocycles. The second-order valence-electron chi connectivity index (χ2n) is 14.7. The van der Waals surface area contributed by atoms with Gasteiger partial charge in [0.05, 0.1) is 24.5 Å². The summed E-state index contributed by atoms with van der Waals surface area (Å²) in [5.74, 6) is 2.16. The quantitative estimate of drug-likeness (QED) is 0.208. The van der Waals surface area contributed by atoms with Crippen LogP contribution in [-0.2, 0) is 14.3 Å². The third-order valence-electron chi connectivity index (χ3n) is 8.10. The average Bonchev–Trinajstić information content (AvgIpc) is 3.85. The Balaban J connectivity index is 0.000000199. The van der Waals surface area contributed by atoms with Crippen LogP contribution in [0.15, 0.2) is 36.7 Å². The summed E-state index contributed by atoms with van der Waals surface area (Å²) >= 11 is 0. The Morgan fingerprint density at radius 2 is 1.24 bits per heavy atom. The number of rotatable bonds is 7. The highest BCUT2D eigenvalue weighted by Gasteiger charge is 2.33. The molecule has 17 nitrogen and oxygen atoms in total. The fourth-order valence-corrected chi connectivity index (χ4v) is 5.88. The predicted octanol–water partition coefficient (Wildman–Crippen LogP) is 4.62. The van der Waals surface area contributed by atoms with Crippen molar-refractivity contribution in [2.75, 3.05) is 47.9 Å². The molecule has 2 atom stereocenters. The first-order valence-electron chi connectivity index (χ1n) is 17.3.